The van der Waals surface area contributed by atoms with Crippen molar-refractivity contribution in [3.05, 3.63) is 0 Å². The Kier molecular flexibility index (Phi) is 7.39. The summed E-state index contributed by atoms with van der Waals surface area (Å²) in [5, 5.41) is 3.67. The van der Waals surface area contributed by atoms with E-state index < -0.39 is 0 Å². The minimum Gasteiger partial charge on any atom is -0.374 e. The van der Waals surface area contributed by atoms with Gasteiger partial charge in [-0.25, -0.2) is 0 Å². The second-order valence-corrected chi connectivity index (χ2v) is 5.20. The molecule has 1 aliphatic carbocycles. The molecule has 104 valence electrons. The molecule has 0 spiro atoms. The van der Waals surface area contributed by atoms with E-state index in [1.165, 1.54) is 32.1 Å². The van der Waals surface area contributed by atoms with Crippen molar-refractivity contribution < 1.29 is 4.74 Å². The van der Waals surface area contributed by atoms with Gasteiger partial charge in [0.2, 0.25) is 0 Å². The Hall–Kier alpha value is -0.520. The first kappa shape index (κ1) is 15.5. The van der Waals surface area contributed by atoms with Gasteiger partial charge in [0.05, 0.1) is 5.60 Å². The Labute approximate surface area is 113 Å². The molecule has 0 aromatic heterocycles. The largest absolute Gasteiger partial charge is 0.374 e. The third-order valence-corrected chi connectivity index (χ3v) is 3.89. The lowest BCUT2D eigenvalue weighted by Crippen LogP contribution is -2.53. The first-order valence-electron chi connectivity index (χ1n) is 7.56. The van der Waals surface area contributed by atoms with Crippen LogP contribution in [-0.4, -0.2) is 24.8 Å². The monoisotopic (exact) mass is 251 g/mol. The average Bonchev–Trinajstić information content (AvgIpc) is 2.40. The van der Waals surface area contributed by atoms with Crippen LogP contribution < -0.4 is 5.32 Å². The average molecular weight is 251 g/mol. The molecule has 0 bridgehead atoms. The van der Waals surface area contributed by atoms with Crippen molar-refractivity contribution in [1.29, 1.82) is 0 Å². The summed E-state index contributed by atoms with van der Waals surface area (Å²) in [7, 11) is 0. The Morgan fingerprint density at radius 1 is 1.22 bits per heavy atom. The van der Waals surface area contributed by atoms with E-state index in [9.17, 15) is 0 Å². The van der Waals surface area contributed by atoms with Gasteiger partial charge in [-0.15, -0.1) is 11.8 Å². The number of nitrogens with one attached hydrogen (secondary N) is 1. The Bertz CT molecular complexity index is 265. The number of hydrogen-bond acceptors (Lipinski definition) is 2. The van der Waals surface area contributed by atoms with Crippen LogP contribution in [0.2, 0.25) is 0 Å². The van der Waals surface area contributed by atoms with Crippen molar-refractivity contribution >= 4 is 0 Å². The van der Waals surface area contributed by atoms with E-state index in [1.54, 1.807) is 0 Å². The maximum absolute atomic E-state index is 6.20. The minimum absolute atomic E-state index is 0.0338. The van der Waals surface area contributed by atoms with Crippen LogP contribution in [0.5, 0.6) is 0 Å². The maximum Gasteiger partial charge on any atom is 0.0843 e. The molecule has 18 heavy (non-hydrogen) atoms. The van der Waals surface area contributed by atoms with Gasteiger partial charge in [-0.2, -0.15) is 0 Å². The smallest absolute Gasteiger partial charge is 0.0843 e. The second-order valence-electron chi connectivity index (χ2n) is 5.20. The van der Waals surface area contributed by atoms with Crippen LogP contribution in [0.1, 0.15) is 65.7 Å². The molecule has 0 aromatic carbocycles. The zero-order valence-electron chi connectivity index (χ0n) is 12.3. The van der Waals surface area contributed by atoms with Gasteiger partial charge >= 0.3 is 0 Å². The summed E-state index contributed by atoms with van der Waals surface area (Å²) >= 11 is 0. The molecule has 0 aromatic rings. The molecule has 1 N–H and O–H groups in total. The molecule has 2 nitrogen and oxygen atoms in total. The molecule has 1 fully saturated rings. The van der Waals surface area contributed by atoms with Crippen LogP contribution in [0.3, 0.4) is 0 Å². The maximum atomic E-state index is 6.20. The van der Waals surface area contributed by atoms with Gasteiger partial charge in [-0.1, -0.05) is 26.2 Å². The normalized spacial score (nSPS) is 19.9. The van der Waals surface area contributed by atoms with Crippen LogP contribution >= 0.6 is 0 Å². The van der Waals surface area contributed by atoms with Crippen molar-refractivity contribution in [3.63, 3.8) is 0 Å². The molecule has 1 aliphatic rings. The molecule has 0 amide bonds. The molecule has 0 heterocycles. The van der Waals surface area contributed by atoms with Crippen molar-refractivity contribution in [2.45, 2.75) is 77.4 Å². The fourth-order valence-electron chi connectivity index (χ4n) is 3.00. The van der Waals surface area contributed by atoms with Crippen LogP contribution in [-0.2, 0) is 4.74 Å². The number of rotatable bonds is 7. The summed E-state index contributed by atoms with van der Waals surface area (Å²) in [4.78, 5) is 0. The molecule has 2 heteroatoms. The highest BCUT2D eigenvalue weighted by Gasteiger charge is 2.39. The predicted molar refractivity (Wildman–Crippen MR) is 77.6 cm³/mol. The summed E-state index contributed by atoms with van der Waals surface area (Å²) in [6.07, 6.45) is 8.40. The van der Waals surface area contributed by atoms with Gasteiger partial charge in [0.15, 0.2) is 0 Å². The summed E-state index contributed by atoms with van der Waals surface area (Å²) in [5.41, 5.74) is 0.0338. The Morgan fingerprint density at radius 3 is 2.50 bits per heavy atom. The van der Waals surface area contributed by atoms with E-state index >= 15 is 0 Å². The van der Waals surface area contributed by atoms with E-state index in [0.29, 0.717) is 6.04 Å². The minimum atomic E-state index is 0.0338. The van der Waals surface area contributed by atoms with E-state index in [1.807, 2.05) is 6.92 Å². The highest BCUT2D eigenvalue weighted by molar-refractivity contribution is 5.05. The van der Waals surface area contributed by atoms with Gasteiger partial charge in [-0.3, -0.25) is 0 Å². The lowest BCUT2D eigenvalue weighted by atomic mass is 9.78. The molecule has 0 saturated heterocycles. The highest BCUT2D eigenvalue weighted by atomic mass is 16.5. The van der Waals surface area contributed by atoms with Crippen molar-refractivity contribution in [2.24, 2.45) is 0 Å². The highest BCUT2D eigenvalue weighted by Crippen LogP contribution is 2.35. The molecule has 1 saturated carbocycles. The first-order valence-corrected chi connectivity index (χ1v) is 7.56. The SMILES string of the molecule is CC#CCC(NCCC)C1(OCC)CCCCC1. The first-order chi connectivity index (χ1) is 8.79. The fraction of sp³-hybridized carbons (Fsp3) is 0.875. The van der Waals surface area contributed by atoms with Gasteiger partial charge < -0.3 is 10.1 Å². The summed E-state index contributed by atoms with van der Waals surface area (Å²) in [6, 6.07) is 0.394. The molecule has 0 radical (unpaired) electrons. The van der Waals surface area contributed by atoms with E-state index in [0.717, 1.165) is 26.0 Å². The van der Waals surface area contributed by atoms with E-state index in [-0.39, 0.29) is 5.60 Å². The second kappa shape index (κ2) is 8.56. The lowest BCUT2D eigenvalue weighted by Gasteiger charge is -2.43. The summed E-state index contributed by atoms with van der Waals surface area (Å²) in [5.74, 6) is 6.27. The molecule has 1 atom stereocenters. The van der Waals surface area contributed by atoms with Crippen LogP contribution in [0, 0.1) is 11.8 Å². The van der Waals surface area contributed by atoms with Crippen molar-refractivity contribution in [2.75, 3.05) is 13.2 Å². The van der Waals surface area contributed by atoms with Crippen LogP contribution in [0.15, 0.2) is 0 Å². The molecule has 1 rings (SSSR count). The third kappa shape index (κ3) is 4.30. The van der Waals surface area contributed by atoms with E-state index in [4.69, 9.17) is 4.74 Å². The van der Waals surface area contributed by atoms with Crippen molar-refractivity contribution in [3.8, 4) is 11.8 Å². The topological polar surface area (TPSA) is 21.3 Å². The Morgan fingerprint density at radius 2 is 1.94 bits per heavy atom. The number of ether oxygens (including phenoxy) is 1. The van der Waals surface area contributed by atoms with Gasteiger partial charge in [0, 0.05) is 19.1 Å². The fourth-order valence-corrected chi connectivity index (χ4v) is 3.00. The molecular weight excluding hydrogens is 222 g/mol. The van der Waals surface area contributed by atoms with Gasteiger partial charge in [0.25, 0.3) is 0 Å². The standard InChI is InChI=1S/C16H29NO/c1-4-7-11-15(17-14-5-2)16(18-6-3)12-9-8-10-13-16/h15,17H,5-6,8-14H2,1-3H3. The van der Waals surface area contributed by atoms with Crippen LogP contribution in [0.4, 0.5) is 0 Å². The van der Waals surface area contributed by atoms with Gasteiger partial charge in [-0.05, 0) is 39.7 Å². The van der Waals surface area contributed by atoms with Crippen molar-refractivity contribution in [1.82, 2.24) is 5.32 Å². The van der Waals surface area contributed by atoms with Gasteiger partial charge in [0.1, 0.15) is 0 Å². The zero-order valence-corrected chi connectivity index (χ0v) is 12.3. The Balaban J connectivity index is 2.75. The zero-order chi connectivity index (χ0) is 13.3. The van der Waals surface area contributed by atoms with E-state index in [2.05, 4.69) is 31.0 Å². The molecular formula is C16H29NO. The predicted octanol–water partition coefficient (Wildman–Crippen LogP) is 3.51. The van der Waals surface area contributed by atoms with Crippen LogP contribution in [0.25, 0.3) is 0 Å². The summed E-state index contributed by atoms with van der Waals surface area (Å²) in [6.45, 7) is 8.11. The quantitative estimate of drug-likeness (QED) is 0.699. The molecule has 0 aliphatic heterocycles. The molecule has 1 unspecified atom stereocenters. The number of hydrogen-bond donors (Lipinski definition) is 1. The third-order valence-electron chi connectivity index (χ3n) is 3.89. The summed E-state index contributed by atoms with van der Waals surface area (Å²) < 4.78 is 6.20. The lowest BCUT2D eigenvalue weighted by molar-refractivity contribution is -0.0887.